The molecule has 1 atom stereocenters. The Morgan fingerprint density at radius 2 is 2.29 bits per heavy atom. The Labute approximate surface area is 82.9 Å². The summed E-state index contributed by atoms with van der Waals surface area (Å²) in [5, 5.41) is 0. The molecule has 0 saturated heterocycles. The maximum Gasteiger partial charge on any atom is 0.335 e. The zero-order valence-corrected chi connectivity index (χ0v) is 8.57. The number of hydrogen-bond donors (Lipinski definition) is 0. The Balaban J connectivity index is 2.63. The molecule has 0 N–H and O–H groups in total. The molecule has 1 aliphatic heterocycles. The lowest BCUT2D eigenvalue weighted by molar-refractivity contribution is -0.144. The van der Waals surface area contributed by atoms with Crippen molar-refractivity contribution in [2.75, 3.05) is 0 Å². The largest absolute Gasteiger partial charge is 0.451 e. The van der Waals surface area contributed by atoms with Crippen molar-refractivity contribution in [3.8, 4) is 0 Å². The van der Waals surface area contributed by atoms with Crippen LogP contribution in [0.15, 0.2) is 11.8 Å². The van der Waals surface area contributed by atoms with E-state index in [1.54, 1.807) is 0 Å². The summed E-state index contributed by atoms with van der Waals surface area (Å²) < 4.78 is 9.85. The molecule has 14 heavy (non-hydrogen) atoms. The summed E-state index contributed by atoms with van der Waals surface area (Å²) in [4.78, 5) is 21.6. The van der Waals surface area contributed by atoms with E-state index in [0.717, 1.165) is 0 Å². The summed E-state index contributed by atoms with van der Waals surface area (Å²) >= 11 is 0. The van der Waals surface area contributed by atoms with Crippen molar-refractivity contribution in [3.63, 3.8) is 0 Å². The smallest absolute Gasteiger partial charge is 0.335 e. The summed E-state index contributed by atoms with van der Waals surface area (Å²) in [6, 6.07) is 0. The number of ether oxygens (including phenoxy) is 2. The van der Waals surface area contributed by atoms with Gasteiger partial charge in [-0.2, -0.15) is 0 Å². The first-order chi connectivity index (χ1) is 6.49. The molecular weight excluding hydrogens is 184 g/mol. The Bertz CT molecular complexity index is 278. The summed E-state index contributed by atoms with van der Waals surface area (Å²) in [7, 11) is 0. The SMILES string of the molecule is CC(=O)OC1=CC(=O)O[C@@H]1CC(C)C. The van der Waals surface area contributed by atoms with E-state index in [9.17, 15) is 9.59 Å². The number of rotatable bonds is 3. The standard InChI is InChI=1S/C10H14O4/c1-6(2)4-8-9(13-7(3)11)5-10(12)14-8/h5-6,8H,4H2,1-3H3/t8-/m1/s1. The first kappa shape index (κ1) is 10.8. The van der Waals surface area contributed by atoms with Gasteiger partial charge in [0.25, 0.3) is 0 Å². The van der Waals surface area contributed by atoms with Crippen LogP contribution in [-0.2, 0) is 19.1 Å². The molecule has 0 saturated carbocycles. The summed E-state index contributed by atoms with van der Waals surface area (Å²) in [6.07, 6.45) is 1.51. The monoisotopic (exact) mass is 198 g/mol. The van der Waals surface area contributed by atoms with E-state index < -0.39 is 18.0 Å². The topological polar surface area (TPSA) is 52.6 Å². The minimum atomic E-state index is -0.438. The molecule has 1 heterocycles. The van der Waals surface area contributed by atoms with Gasteiger partial charge in [-0.1, -0.05) is 13.8 Å². The van der Waals surface area contributed by atoms with E-state index in [0.29, 0.717) is 18.1 Å². The average molecular weight is 198 g/mol. The Morgan fingerprint density at radius 3 is 2.79 bits per heavy atom. The molecule has 0 amide bonds. The fourth-order valence-electron chi connectivity index (χ4n) is 1.29. The third-order valence-electron chi connectivity index (χ3n) is 1.78. The van der Waals surface area contributed by atoms with Crippen LogP contribution in [-0.4, -0.2) is 18.0 Å². The van der Waals surface area contributed by atoms with Crippen LogP contribution in [0.5, 0.6) is 0 Å². The average Bonchev–Trinajstić information content (AvgIpc) is 2.28. The van der Waals surface area contributed by atoms with E-state index in [1.165, 1.54) is 13.0 Å². The molecule has 0 fully saturated rings. The molecule has 0 aliphatic carbocycles. The molecule has 0 aromatic heterocycles. The minimum Gasteiger partial charge on any atom is -0.451 e. The van der Waals surface area contributed by atoms with E-state index in [-0.39, 0.29) is 0 Å². The van der Waals surface area contributed by atoms with Crippen LogP contribution < -0.4 is 0 Å². The van der Waals surface area contributed by atoms with E-state index in [1.807, 2.05) is 13.8 Å². The van der Waals surface area contributed by atoms with Crippen molar-refractivity contribution >= 4 is 11.9 Å². The molecule has 1 aliphatic rings. The lowest BCUT2D eigenvalue weighted by Gasteiger charge is -2.15. The fourth-order valence-corrected chi connectivity index (χ4v) is 1.29. The van der Waals surface area contributed by atoms with Crippen molar-refractivity contribution in [3.05, 3.63) is 11.8 Å². The summed E-state index contributed by atoms with van der Waals surface area (Å²) in [5.74, 6) is -0.156. The highest BCUT2D eigenvalue weighted by atomic mass is 16.6. The molecule has 0 aromatic rings. The molecule has 0 unspecified atom stereocenters. The van der Waals surface area contributed by atoms with Gasteiger partial charge < -0.3 is 9.47 Å². The number of esters is 2. The highest BCUT2D eigenvalue weighted by molar-refractivity contribution is 5.86. The Morgan fingerprint density at radius 1 is 1.64 bits per heavy atom. The molecule has 1 rings (SSSR count). The van der Waals surface area contributed by atoms with E-state index in [4.69, 9.17) is 9.47 Å². The predicted molar refractivity (Wildman–Crippen MR) is 49.2 cm³/mol. The summed E-state index contributed by atoms with van der Waals surface area (Å²) in [6.45, 7) is 5.32. The molecule has 0 spiro atoms. The first-order valence-corrected chi connectivity index (χ1v) is 4.59. The predicted octanol–water partition coefficient (Wildman–Crippen LogP) is 1.40. The zero-order valence-electron chi connectivity index (χ0n) is 8.57. The van der Waals surface area contributed by atoms with Gasteiger partial charge in [-0.3, -0.25) is 4.79 Å². The van der Waals surface area contributed by atoms with Crippen molar-refractivity contribution in [1.29, 1.82) is 0 Å². The molecule has 4 nitrogen and oxygen atoms in total. The lowest BCUT2D eigenvalue weighted by atomic mass is 10.1. The maximum absolute atomic E-state index is 10.9. The van der Waals surface area contributed by atoms with Crippen molar-refractivity contribution in [1.82, 2.24) is 0 Å². The van der Waals surface area contributed by atoms with Gasteiger partial charge >= 0.3 is 11.9 Å². The van der Waals surface area contributed by atoms with Crippen LogP contribution in [0.2, 0.25) is 0 Å². The first-order valence-electron chi connectivity index (χ1n) is 4.59. The normalized spacial score (nSPS) is 20.7. The Hall–Kier alpha value is -1.32. The van der Waals surface area contributed by atoms with Gasteiger partial charge in [-0.25, -0.2) is 4.79 Å². The van der Waals surface area contributed by atoms with Crippen molar-refractivity contribution in [2.45, 2.75) is 33.3 Å². The second-order valence-corrected chi connectivity index (χ2v) is 3.70. The van der Waals surface area contributed by atoms with Gasteiger partial charge in [0.1, 0.15) is 0 Å². The fraction of sp³-hybridized carbons (Fsp3) is 0.600. The van der Waals surface area contributed by atoms with Crippen molar-refractivity contribution in [2.24, 2.45) is 5.92 Å². The number of cyclic esters (lactones) is 1. The van der Waals surface area contributed by atoms with Crippen LogP contribution in [0.1, 0.15) is 27.2 Å². The van der Waals surface area contributed by atoms with Gasteiger partial charge in [-0.05, 0) is 12.3 Å². The molecule has 0 bridgehead atoms. The highest BCUT2D eigenvalue weighted by Gasteiger charge is 2.29. The number of carbonyl (C=O) groups is 2. The minimum absolute atomic E-state index is 0.330. The zero-order chi connectivity index (χ0) is 10.7. The van der Waals surface area contributed by atoms with E-state index >= 15 is 0 Å². The van der Waals surface area contributed by atoms with Gasteiger partial charge in [0.2, 0.25) is 0 Å². The number of hydrogen-bond acceptors (Lipinski definition) is 4. The third kappa shape index (κ3) is 2.87. The van der Waals surface area contributed by atoms with Gasteiger partial charge in [0.15, 0.2) is 11.9 Å². The van der Waals surface area contributed by atoms with Gasteiger partial charge in [0, 0.05) is 6.92 Å². The number of carbonyl (C=O) groups excluding carboxylic acids is 2. The van der Waals surface area contributed by atoms with Gasteiger partial charge in [-0.15, -0.1) is 0 Å². The van der Waals surface area contributed by atoms with Crippen LogP contribution in [0.25, 0.3) is 0 Å². The van der Waals surface area contributed by atoms with Crippen LogP contribution in [0.4, 0.5) is 0 Å². The maximum atomic E-state index is 10.9. The molecule has 78 valence electrons. The van der Waals surface area contributed by atoms with Crippen LogP contribution >= 0.6 is 0 Å². The lowest BCUT2D eigenvalue weighted by Crippen LogP contribution is -2.17. The second-order valence-electron chi connectivity index (χ2n) is 3.70. The second kappa shape index (κ2) is 4.26. The third-order valence-corrected chi connectivity index (χ3v) is 1.78. The van der Waals surface area contributed by atoms with Crippen molar-refractivity contribution < 1.29 is 19.1 Å². The molecule has 0 aromatic carbocycles. The highest BCUT2D eigenvalue weighted by Crippen LogP contribution is 2.23. The molecular formula is C10H14O4. The van der Waals surface area contributed by atoms with Gasteiger partial charge in [0.05, 0.1) is 6.08 Å². The quantitative estimate of drug-likeness (QED) is 0.643. The molecule has 0 radical (unpaired) electrons. The van der Waals surface area contributed by atoms with E-state index in [2.05, 4.69) is 0 Å². The Kier molecular flexibility index (Phi) is 3.28. The van der Waals surface area contributed by atoms with Crippen LogP contribution in [0, 0.1) is 5.92 Å². The molecule has 4 heteroatoms. The van der Waals surface area contributed by atoms with Crippen LogP contribution in [0.3, 0.4) is 0 Å². The summed E-state index contributed by atoms with van der Waals surface area (Å²) in [5.41, 5.74) is 0.